The standard InChI is InChI=1S/C26H33N7O3/c1-26(2,3)23(25(36)32-15-20(34)13-22(32)24(35)27-4)33-16-21(30-31-33)18-6-5-7-19(12-18)29-14-17-8-10-28-11-9-17/h5-12,16,20,22-23,29,34H,13-15H2,1-4H3,(H,27,35)/t20?,22-,23?/m1/s1. The van der Waals surface area contributed by atoms with E-state index >= 15 is 0 Å². The van der Waals surface area contributed by atoms with Crippen LogP contribution in [-0.4, -0.2) is 67.5 Å². The lowest BCUT2D eigenvalue weighted by Gasteiger charge is -2.34. The Balaban J connectivity index is 1.57. The highest BCUT2D eigenvalue weighted by atomic mass is 16.3. The van der Waals surface area contributed by atoms with E-state index in [-0.39, 0.29) is 24.8 Å². The van der Waals surface area contributed by atoms with Gasteiger partial charge in [0.25, 0.3) is 0 Å². The molecule has 0 saturated carbocycles. The Morgan fingerprint density at radius 3 is 2.64 bits per heavy atom. The highest BCUT2D eigenvalue weighted by Crippen LogP contribution is 2.35. The molecule has 3 heterocycles. The number of hydrogen-bond donors (Lipinski definition) is 3. The average Bonchev–Trinajstić information content (AvgIpc) is 3.49. The van der Waals surface area contributed by atoms with Crippen LogP contribution in [0.4, 0.5) is 5.69 Å². The minimum atomic E-state index is -0.745. The van der Waals surface area contributed by atoms with Crippen molar-refractivity contribution in [1.82, 2.24) is 30.2 Å². The molecule has 3 aromatic rings. The van der Waals surface area contributed by atoms with Gasteiger partial charge >= 0.3 is 0 Å². The molecule has 10 heteroatoms. The number of carbonyl (C=O) groups excluding carboxylic acids is 2. The fourth-order valence-electron chi connectivity index (χ4n) is 4.54. The van der Waals surface area contributed by atoms with Gasteiger partial charge in [-0.2, -0.15) is 0 Å². The normalized spacial score (nSPS) is 18.6. The quantitative estimate of drug-likeness (QED) is 0.463. The predicted molar refractivity (Wildman–Crippen MR) is 136 cm³/mol. The summed E-state index contributed by atoms with van der Waals surface area (Å²) in [5, 5.41) is 24.9. The number of aliphatic hydroxyl groups excluding tert-OH is 1. The van der Waals surface area contributed by atoms with Gasteiger partial charge in [0, 0.05) is 50.2 Å². The smallest absolute Gasteiger partial charge is 0.248 e. The molecule has 2 aromatic heterocycles. The maximum Gasteiger partial charge on any atom is 0.248 e. The molecular weight excluding hydrogens is 458 g/mol. The number of amides is 2. The first-order chi connectivity index (χ1) is 17.2. The van der Waals surface area contributed by atoms with E-state index in [0.29, 0.717) is 12.2 Å². The van der Waals surface area contributed by atoms with Gasteiger partial charge in [-0.25, -0.2) is 4.68 Å². The Morgan fingerprint density at radius 2 is 1.94 bits per heavy atom. The van der Waals surface area contributed by atoms with Crippen LogP contribution in [0.25, 0.3) is 11.3 Å². The summed E-state index contributed by atoms with van der Waals surface area (Å²) in [5.41, 5.74) is 3.03. The zero-order valence-corrected chi connectivity index (χ0v) is 21.0. The topological polar surface area (TPSA) is 125 Å². The van der Waals surface area contributed by atoms with Gasteiger partial charge in [0.2, 0.25) is 11.8 Å². The second kappa shape index (κ2) is 10.4. The summed E-state index contributed by atoms with van der Waals surface area (Å²) >= 11 is 0. The van der Waals surface area contributed by atoms with E-state index in [4.69, 9.17) is 0 Å². The number of hydrogen-bond acceptors (Lipinski definition) is 7. The molecule has 2 unspecified atom stereocenters. The molecule has 1 aliphatic rings. The maximum atomic E-state index is 13.7. The van der Waals surface area contributed by atoms with Crippen LogP contribution < -0.4 is 10.6 Å². The summed E-state index contributed by atoms with van der Waals surface area (Å²) in [6.07, 6.45) is 4.75. The molecule has 4 rings (SSSR count). The highest BCUT2D eigenvalue weighted by molar-refractivity contribution is 5.90. The van der Waals surface area contributed by atoms with Gasteiger partial charge in [-0.15, -0.1) is 5.10 Å². The number of β-amino-alcohol motifs (C(OH)–C–C–N with tert-alkyl or cyclic N) is 1. The van der Waals surface area contributed by atoms with Crippen LogP contribution in [0.15, 0.2) is 55.0 Å². The number of aromatic nitrogens is 4. The molecule has 10 nitrogen and oxygen atoms in total. The lowest BCUT2D eigenvalue weighted by atomic mass is 9.85. The average molecular weight is 492 g/mol. The number of likely N-dealkylation sites (N-methyl/N-ethyl adjacent to an activating group) is 1. The highest BCUT2D eigenvalue weighted by Gasteiger charge is 2.45. The number of pyridine rings is 1. The van der Waals surface area contributed by atoms with Gasteiger partial charge in [0.1, 0.15) is 17.8 Å². The zero-order valence-electron chi connectivity index (χ0n) is 21.0. The lowest BCUT2D eigenvalue weighted by molar-refractivity contribution is -0.144. The van der Waals surface area contributed by atoms with Crippen molar-refractivity contribution in [3.63, 3.8) is 0 Å². The number of anilines is 1. The van der Waals surface area contributed by atoms with Crippen molar-refractivity contribution in [1.29, 1.82) is 0 Å². The van der Waals surface area contributed by atoms with Gasteiger partial charge < -0.3 is 20.6 Å². The first-order valence-electron chi connectivity index (χ1n) is 12.0. The Labute approximate surface area is 210 Å². The summed E-state index contributed by atoms with van der Waals surface area (Å²) in [5.74, 6) is -0.556. The van der Waals surface area contributed by atoms with E-state index in [9.17, 15) is 14.7 Å². The number of nitrogens with zero attached hydrogens (tertiary/aromatic N) is 5. The Hall–Kier alpha value is -3.79. The van der Waals surface area contributed by atoms with Crippen LogP contribution in [0, 0.1) is 5.41 Å². The summed E-state index contributed by atoms with van der Waals surface area (Å²) < 4.78 is 1.57. The molecule has 0 spiro atoms. The molecule has 190 valence electrons. The third-order valence-electron chi connectivity index (χ3n) is 6.34. The maximum absolute atomic E-state index is 13.7. The Morgan fingerprint density at radius 1 is 1.19 bits per heavy atom. The van der Waals surface area contributed by atoms with Crippen LogP contribution in [0.2, 0.25) is 0 Å². The first-order valence-corrected chi connectivity index (χ1v) is 12.0. The molecule has 0 radical (unpaired) electrons. The molecule has 1 aliphatic heterocycles. The van der Waals surface area contributed by atoms with E-state index in [1.165, 1.54) is 11.9 Å². The first kappa shape index (κ1) is 25.3. The molecule has 1 saturated heterocycles. The molecule has 36 heavy (non-hydrogen) atoms. The fraction of sp³-hybridized carbons (Fsp3) is 0.423. The van der Waals surface area contributed by atoms with Crippen LogP contribution >= 0.6 is 0 Å². The number of likely N-dealkylation sites (tertiary alicyclic amines) is 1. The van der Waals surface area contributed by atoms with Gasteiger partial charge in [-0.05, 0) is 35.2 Å². The van der Waals surface area contributed by atoms with Gasteiger partial charge in [-0.3, -0.25) is 14.6 Å². The molecule has 0 aliphatic carbocycles. The molecule has 0 bridgehead atoms. The number of carbonyl (C=O) groups is 2. The lowest BCUT2D eigenvalue weighted by Crippen LogP contribution is -2.49. The fourth-order valence-corrected chi connectivity index (χ4v) is 4.54. The van der Waals surface area contributed by atoms with E-state index in [0.717, 1.165) is 16.8 Å². The number of benzene rings is 1. The number of aliphatic hydroxyl groups is 1. The summed E-state index contributed by atoms with van der Waals surface area (Å²) in [6.45, 7) is 6.61. The molecular formula is C26H33N7O3. The Kier molecular flexibility index (Phi) is 7.35. The minimum Gasteiger partial charge on any atom is -0.391 e. The van der Waals surface area contributed by atoms with Gasteiger partial charge in [0.15, 0.2) is 0 Å². The summed E-state index contributed by atoms with van der Waals surface area (Å²) in [7, 11) is 1.53. The van der Waals surface area contributed by atoms with Crippen molar-refractivity contribution in [2.45, 2.75) is 51.9 Å². The largest absolute Gasteiger partial charge is 0.391 e. The van der Waals surface area contributed by atoms with Crippen molar-refractivity contribution in [2.75, 3.05) is 18.9 Å². The van der Waals surface area contributed by atoms with Crippen LogP contribution in [0.1, 0.15) is 38.8 Å². The van der Waals surface area contributed by atoms with E-state index in [1.54, 1.807) is 23.3 Å². The van der Waals surface area contributed by atoms with Crippen LogP contribution in [-0.2, 0) is 16.1 Å². The monoisotopic (exact) mass is 491 g/mol. The molecule has 3 N–H and O–H groups in total. The van der Waals surface area contributed by atoms with Crippen LogP contribution in [0.5, 0.6) is 0 Å². The second-order valence-electron chi connectivity index (χ2n) is 10.2. The summed E-state index contributed by atoms with van der Waals surface area (Å²) in [4.78, 5) is 31.6. The third kappa shape index (κ3) is 5.54. The Bertz CT molecular complexity index is 1210. The van der Waals surface area contributed by atoms with E-state index in [2.05, 4.69) is 25.9 Å². The van der Waals surface area contributed by atoms with E-state index < -0.39 is 23.6 Å². The SMILES string of the molecule is CNC(=O)[C@H]1CC(O)CN1C(=O)C(n1cc(-c2cccc(NCc3ccncc3)c2)nn1)C(C)(C)C. The van der Waals surface area contributed by atoms with Crippen molar-refractivity contribution in [3.05, 3.63) is 60.6 Å². The van der Waals surface area contributed by atoms with Crippen LogP contribution in [0.3, 0.4) is 0 Å². The zero-order chi connectivity index (χ0) is 25.9. The molecule has 2 amide bonds. The molecule has 1 fully saturated rings. The van der Waals surface area contributed by atoms with Gasteiger partial charge in [-0.1, -0.05) is 38.1 Å². The molecule has 3 atom stereocenters. The van der Waals surface area contributed by atoms with Crippen molar-refractivity contribution in [3.8, 4) is 11.3 Å². The summed E-state index contributed by atoms with van der Waals surface area (Å²) in [6, 6.07) is 10.3. The minimum absolute atomic E-state index is 0.107. The van der Waals surface area contributed by atoms with E-state index in [1.807, 2.05) is 57.2 Å². The third-order valence-corrected chi connectivity index (χ3v) is 6.34. The van der Waals surface area contributed by atoms with Crippen molar-refractivity contribution in [2.24, 2.45) is 5.41 Å². The van der Waals surface area contributed by atoms with Crippen molar-refractivity contribution < 1.29 is 14.7 Å². The van der Waals surface area contributed by atoms with Gasteiger partial charge in [0.05, 0.1) is 12.3 Å². The molecule has 1 aromatic carbocycles. The number of rotatable bonds is 7. The second-order valence-corrected chi connectivity index (χ2v) is 10.2. The van der Waals surface area contributed by atoms with Crippen molar-refractivity contribution >= 4 is 17.5 Å². The predicted octanol–water partition coefficient (Wildman–Crippen LogP) is 2.25. The number of nitrogens with one attached hydrogen (secondary N) is 2.